The molecule has 0 aliphatic carbocycles. The molecule has 0 radical (unpaired) electrons. The van der Waals surface area contributed by atoms with E-state index in [9.17, 15) is 13.2 Å². The normalized spacial score (nSPS) is 11.8. The SMILES string of the molecule is Cn1ncc(CCN)c1-c1ccc(C(F)(F)F)cc1. The summed E-state index contributed by atoms with van der Waals surface area (Å²) in [5.41, 5.74) is 7.30. The van der Waals surface area contributed by atoms with Crippen LogP contribution in [0.2, 0.25) is 0 Å². The highest BCUT2D eigenvalue weighted by Crippen LogP contribution is 2.31. The predicted molar refractivity (Wildman–Crippen MR) is 66.4 cm³/mol. The molecule has 1 aromatic carbocycles. The molecular formula is C13H14F3N3. The van der Waals surface area contributed by atoms with Gasteiger partial charge in [0.2, 0.25) is 0 Å². The molecule has 1 aromatic heterocycles. The second-order valence-corrected chi connectivity index (χ2v) is 4.26. The highest BCUT2D eigenvalue weighted by atomic mass is 19.4. The van der Waals surface area contributed by atoms with Crippen molar-refractivity contribution in [3.63, 3.8) is 0 Å². The minimum atomic E-state index is -4.31. The van der Waals surface area contributed by atoms with Crippen molar-refractivity contribution in [2.75, 3.05) is 6.54 Å². The quantitative estimate of drug-likeness (QED) is 0.930. The topological polar surface area (TPSA) is 43.8 Å². The molecule has 0 saturated carbocycles. The molecule has 0 aliphatic rings. The molecule has 2 aromatic rings. The lowest BCUT2D eigenvalue weighted by molar-refractivity contribution is -0.137. The van der Waals surface area contributed by atoms with Gasteiger partial charge in [0.05, 0.1) is 17.5 Å². The molecule has 0 fully saturated rings. The Morgan fingerprint density at radius 1 is 1.21 bits per heavy atom. The summed E-state index contributed by atoms with van der Waals surface area (Å²) < 4.78 is 39.2. The van der Waals surface area contributed by atoms with Gasteiger partial charge in [0, 0.05) is 12.6 Å². The fourth-order valence-corrected chi connectivity index (χ4v) is 2.01. The van der Waals surface area contributed by atoms with E-state index in [-0.39, 0.29) is 0 Å². The van der Waals surface area contributed by atoms with E-state index in [0.29, 0.717) is 18.5 Å². The first-order valence-electron chi connectivity index (χ1n) is 5.82. The summed E-state index contributed by atoms with van der Waals surface area (Å²) in [5.74, 6) is 0. The van der Waals surface area contributed by atoms with Crippen LogP contribution >= 0.6 is 0 Å². The highest BCUT2D eigenvalue weighted by Gasteiger charge is 2.30. The lowest BCUT2D eigenvalue weighted by Crippen LogP contribution is -2.05. The number of nitrogens with two attached hydrogens (primary N) is 1. The highest BCUT2D eigenvalue weighted by molar-refractivity contribution is 5.63. The van der Waals surface area contributed by atoms with Crippen molar-refractivity contribution in [1.29, 1.82) is 0 Å². The van der Waals surface area contributed by atoms with E-state index in [4.69, 9.17) is 5.73 Å². The largest absolute Gasteiger partial charge is 0.416 e. The van der Waals surface area contributed by atoms with Gasteiger partial charge in [-0.15, -0.1) is 0 Å². The minimum absolute atomic E-state index is 0.472. The Bertz CT molecular complexity index is 556. The molecule has 1 heterocycles. The number of halogens is 3. The summed E-state index contributed by atoms with van der Waals surface area (Å²) in [6.45, 7) is 0.472. The Balaban J connectivity index is 2.40. The van der Waals surface area contributed by atoms with Crippen LogP contribution in [0.3, 0.4) is 0 Å². The lowest BCUT2D eigenvalue weighted by atomic mass is 10.0. The van der Waals surface area contributed by atoms with Crippen molar-refractivity contribution < 1.29 is 13.2 Å². The second-order valence-electron chi connectivity index (χ2n) is 4.26. The molecule has 0 bridgehead atoms. The van der Waals surface area contributed by atoms with Crippen molar-refractivity contribution >= 4 is 0 Å². The molecular weight excluding hydrogens is 255 g/mol. The number of hydrogen-bond acceptors (Lipinski definition) is 2. The third-order valence-corrected chi connectivity index (χ3v) is 2.91. The first-order valence-corrected chi connectivity index (χ1v) is 5.82. The van der Waals surface area contributed by atoms with Gasteiger partial charge >= 0.3 is 6.18 Å². The van der Waals surface area contributed by atoms with Crippen molar-refractivity contribution in [2.24, 2.45) is 12.8 Å². The van der Waals surface area contributed by atoms with E-state index in [2.05, 4.69) is 5.10 Å². The standard InChI is InChI=1S/C13H14F3N3/c1-19-12(10(6-7-17)8-18-19)9-2-4-11(5-3-9)13(14,15)16/h2-5,8H,6-7,17H2,1H3. The molecule has 0 spiro atoms. The van der Waals surface area contributed by atoms with E-state index >= 15 is 0 Å². The maximum atomic E-state index is 12.5. The monoisotopic (exact) mass is 269 g/mol. The molecule has 3 nitrogen and oxygen atoms in total. The lowest BCUT2D eigenvalue weighted by Gasteiger charge is -2.09. The maximum absolute atomic E-state index is 12.5. The van der Waals surface area contributed by atoms with E-state index in [1.807, 2.05) is 0 Å². The molecule has 0 saturated heterocycles. The molecule has 0 unspecified atom stereocenters. The van der Waals surface area contributed by atoms with Gasteiger partial charge in [0.25, 0.3) is 0 Å². The zero-order valence-corrected chi connectivity index (χ0v) is 10.4. The second kappa shape index (κ2) is 5.05. The van der Waals surface area contributed by atoms with Crippen molar-refractivity contribution in [2.45, 2.75) is 12.6 Å². The Morgan fingerprint density at radius 3 is 2.37 bits per heavy atom. The molecule has 2 rings (SSSR count). The Hall–Kier alpha value is -1.82. The fourth-order valence-electron chi connectivity index (χ4n) is 2.01. The van der Waals surface area contributed by atoms with Crippen LogP contribution in [0.25, 0.3) is 11.3 Å². The molecule has 6 heteroatoms. The molecule has 0 atom stereocenters. The smallest absolute Gasteiger partial charge is 0.330 e. The van der Waals surface area contributed by atoms with Gasteiger partial charge in [-0.25, -0.2) is 0 Å². The van der Waals surface area contributed by atoms with Gasteiger partial charge < -0.3 is 5.73 Å². The van der Waals surface area contributed by atoms with Gasteiger partial charge in [-0.05, 0) is 30.7 Å². The summed E-state index contributed by atoms with van der Waals surface area (Å²) in [4.78, 5) is 0. The fraction of sp³-hybridized carbons (Fsp3) is 0.308. The average molecular weight is 269 g/mol. The van der Waals surface area contributed by atoms with Crippen LogP contribution in [-0.2, 0) is 19.6 Å². The van der Waals surface area contributed by atoms with Crippen molar-refractivity contribution in [1.82, 2.24) is 9.78 Å². The van der Waals surface area contributed by atoms with Crippen LogP contribution in [-0.4, -0.2) is 16.3 Å². The summed E-state index contributed by atoms with van der Waals surface area (Å²) in [5, 5.41) is 4.12. The van der Waals surface area contributed by atoms with Gasteiger partial charge in [-0.3, -0.25) is 4.68 Å². The van der Waals surface area contributed by atoms with Crippen LogP contribution in [0.1, 0.15) is 11.1 Å². The zero-order chi connectivity index (χ0) is 14.0. The number of aromatic nitrogens is 2. The van der Waals surface area contributed by atoms with E-state index < -0.39 is 11.7 Å². The van der Waals surface area contributed by atoms with Gasteiger partial charge in [0.15, 0.2) is 0 Å². The van der Waals surface area contributed by atoms with Crippen LogP contribution < -0.4 is 5.73 Å². The third-order valence-electron chi connectivity index (χ3n) is 2.91. The van der Waals surface area contributed by atoms with Crippen LogP contribution in [0.5, 0.6) is 0 Å². The van der Waals surface area contributed by atoms with E-state index in [1.54, 1.807) is 17.9 Å². The van der Waals surface area contributed by atoms with Crippen molar-refractivity contribution in [3.05, 3.63) is 41.6 Å². The average Bonchev–Trinajstić information content (AvgIpc) is 2.70. The van der Waals surface area contributed by atoms with Crippen molar-refractivity contribution in [3.8, 4) is 11.3 Å². The van der Waals surface area contributed by atoms with Gasteiger partial charge in [-0.2, -0.15) is 18.3 Å². The van der Waals surface area contributed by atoms with E-state index in [1.165, 1.54) is 12.1 Å². The zero-order valence-electron chi connectivity index (χ0n) is 10.4. The summed E-state index contributed by atoms with van der Waals surface area (Å²) in [7, 11) is 1.76. The minimum Gasteiger partial charge on any atom is -0.330 e. The van der Waals surface area contributed by atoms with Crippen LogP contribution in [0, 0.1) is 0 Å². The van der Waals surface area contributed by atoms with E-state index in [0.717, 1.165) is 23.4 Å². The number of hydrogen-bond donors (Lipinski definition) is 1. The van der Waals surface area contributed by atoms with Gasteiger partial charge in [-0.1, -0.05) is 12.1 Å². The molecule has 19 heavy (non-hydrogen) atoms. The maximum Gasteiger partial charge on any atom is 0.416 e. The molecule has 0 aliphatic heterocycles. The molecule has 2 N–H and O–H groups in total. The number of alkyl halides is 3. The Kier molecular flexibility index (Phi) is 3.61. The summed E-state index contributed by atoms with van der Waals surface area (Å²) in [6, 6.07) is 5.07. The number of rotatable bonds is 3. The number of benzene rings is 1. The molecule has 0 amide bonds. The number of nitrogens with zero attached hydrogens (tertiary/aromatic N) is 2. The molecule has 102 valence electrons. The summed E-state index contributed by atoms with van der Waals surface area (Å²) >= 11 is 0. The first-order chi connectivity index (χ1) is 8.93. The van der Waals surface area contributed by atoms with Gasteiger partial charge in [0.1, 0.15) is 0 Å². The third kappa shape index (κ3) is 2.78. The van der Waals surface area contributed by atoms with Crippen LogP contribution in [0.15, 0.2) is 30.5 Å². The predicted octanol–water partition coefficient (Wildman–Crippen LogP) is 2.61. The Labute approximate surface area is 108 Å². The number of aryl methyl sites for hydroxylation is 1. The summed E-state index contributed by atoms with van der Waals surface area (Å²) in [6.07, 6.45) is -1.98. The Morgan fingerprint density at radius 2 is 1.84 bits per heavy atom. The first kappa shape index (κ1) is 13.6. The van der Waals surface area contributed by atoms with Crippen LogP contribution in [0.4, 0.5) is 13.2 Å².